The number of methoxy groups -OCH3 is 1. The van der Waals surface area contributed by atoms with Gasteiger partial charge in [0.1, 0.15) is 11.6 Å². The van der Waals surface area contributed by atoms with E-state index < -0.39 is 5.82 Å². The first-order valence-corrected chi connectivity index (χ1v) is 6.53. The van der Waals surface area contributed by atoms with Crippen molar-refractivity contribution in [1.29, 1.82) is 0 Å². The molecule has 19 heavy (non-hydrogen) atoms. The molecule has 0 spiro atoms. The Kier molecular flexibility index (Phi) is 4.22. The van der Waals surface area contributed by atoms with E-state index in [4.69, 9.17) is 16.3 Å². The summed E-state index contributed by atoms with van der Waals surface area (Å²) in [7, 11) is 1.39. The van der Waals surface area contributed by atoms with Gasteiger partial charge in [0.05, 0.1) is 17.1 Å². The van der Waals surface area contributed by atoms with Gasteiger partial charge in [0.25, 0.3) is 0 Å². The molecule has 0 saturated heterocycles. The van der Waals surface area contributed by atoms with E-state index in [1.165, 1.54) is 19.2 Å². The van der Waals surface area contributed by atoms with Crippen LogP contribution in [0.1, 0.15) is 15.9 Å². The van der Waals surface area contributed by atoms with Crippen molar-refractivity contribution in [3.05, 3.63) is 62.8 Å². The number of carbonyl (C=O) groups is 1. The molecule has 0 aliphatic rings. The highest BCUT2D eigenvalue weighted by Gasteiger charge is 2.17. The van der Waals surface area contributed by atoms with Crippen LogP contribution < -0.4 is 4.74 Å². The minimum Gasteiger partial charge on any atom is -0.496 e. The van der Waals surface area contributed by atoms with Crippen molar-refractivity contribution in [2.24, 2.45) is 0 Å². The zero-order chi connectivity index (χ0) is 14.0. The molecule has 2 aromatic carbocycles. The van der Waals surface area contributed by atoms with Gasteiger partial charge in [-0.15, -0.1) is 0 Å². The predicted molar refractivity (Wildman–Crippen MR) is 75.5 cm³/mol. The van der Waals surface area contributed by atoms with Crippen molar-refractivity contribution in [2.45, 2.75) is 0 Å². The molecule has 0 unspecified atom stereocenters. The van der Waals surface area contributed by atoms with Crippen LogP contribution >= 0.6 is 27.5 Å². The third-order valence-electron chi connectivity index (χ3n) is 2.57. The molecular weight excluding hydrogens is 335 g/mol. The van der Waals surface area contributed by atoms with Gasteiger partial charge in [-0.1, -0.05) is 23.7 Å². The summed E-state index contributed by atoms with van der Waals surface area (Å²) < 4.78 is 18.7. The molecule has 0 heterocycles. The molecule has 0 aliphatic heterocycles. The largest absolute Gasteiger partial charge is 0.496 e. The number of hydrogen-bond acceptors (Lipinski definition) is 2. The second-order valence-corrected chi connectivity index (χ2v) is 5.10. The maximum atomic E-state index is 13.4. The Hall–Kier alpha value is -1.39. The number of ketones is 1. The SMILES string of the molecule is COc1cc(F)c(Br)cc1C(=O)c1cccc(Cl)c1. The van der Waals surface area contributed by atoms with Gasteiger partial charge in [-0.2, -0.15) is 0 Å². The second-order valence-electron chi connectivity index (χ2n) is 3.81. The van der Waals surface area contributed by atoms with Gasteiger partial charge in [0, 0.05) is 16.7 Å². The summed E-state index contributed by atoms with van der Waals surface area (Å²) in [5.41, 5.74) is 0.697. The fourth-order valence-corrected chi connectivity index (χ4v) is 2.19. The molecule has 0 amide bonds. The fourth-order valence-electron chi connectivity index (χ4n) is 1.66. The Morgan fingerprint density at radius 2 is 2.05 bits per heavy atom. The first kappa shape index (κ1) is 14.0. The second kappa shape index (κ2) is 5.72. The van der Waals surface area contributed by atoms with Gasteiger partial charge in [-0.3, -0.25) is 4.79 Å². The predicted octanol–water partition coefficient (Wildman–Crippen LogP) is 4.48. The van der Waals surface area contributed by atoms with E-state index in [1.807, 2.05) is 0 Å². The highest BCUT2D eigenvalue weighted by Crippen LogP contribution is 2.28. The van der Waals surface area contributed by atoms with Gasteiger partial charge in [0.2, 0.25) is 0 Å². The molecule has 0 atom stereocenters. The van der Waals surface area contributed by atoms with Crippen LogP contribution in [0, 0.1) is 5.82 Å². The fraction of sp³-hybridized carbons (Fsp3) is 0.0714. The lowest BCUT2D eigenvalue weighted by Crippen LogP contribution is -2.05. The van der Waals surface area contributed by atoms with E-state index in [9.17, 15) is 9.18 Å². The van der Waals surface area contributed by atoms with Crippen molar-refractivity contribution in [1.82, 2.24) is 0 Å². The van der Waals surface area contributed by atoms with E-state index >= 15 is 0 Å². The lowest BCUT2D eigenvalue weighted by Gasteiger charge is -2.09. The number of benzene rings is 2. The van der Waals surface area contributed by atoms with Crippen LogP contribution in [0.5, 0.6) is 5.75 Å². The van der Waals surface area contributed by atoms with E-state index in [1.54, 1.807) is 24.3 Å². The Bertz CT molecular complexity index is 643. The monoisotopic (exact) mass is 342 g/mol. The minimum atomic E-state index is -0.487. The number of halogens is 3. The summed E-state index contributed by atoms with van der Waals surface area (Å²) in [6.45, 7) is 0. The van der Waals surface area contributed by atoms with Gasteiger partial charge in [0.15, 0.2) is 5.78 Å². The number of hydrogen-bond donors (Lipinski definition) is 0. The van der Waals surface area contributed by atoms with Crippen LogP contribution in [0.4, 0.5) is 4.39 Å². The third kappa shape index (κ3) is 2.96. The standard InChI is InChI=1S/C14H9BrClFO2/c1-19-13-7-12(17)11(15)6-10(13)14(18)8-3-2-4-9(16)5-8/h2-7H,1H3. The van der Waals surface area contributed by atoms with Gasteiger partial charge in [-0.25, -0.2) is 4.39 Å². The van der Waals surface area contributed by atoms with Crippen LogP contribution in [0.2, 0.25) is 5.02 Å². The number of rotatable bonds is 3. The Morgan fingerprint density at radius 3 is 2.68 bits per heavy atom. The summed E-state index contributed by atoms with van der Waals surface area (Å²) in [6.07, 6.45) is 0. The molecule has 0 aliphatic carbocycles. The highest BCUT2D eigenvalue weighted by atomic mass is 79.9. The maximum absolute atomic E-state index is 13.4. The molecule has 0 radical (unpaired) electrons. The third-order valence-corrected chi connectivity index (χ3v) is 3.42. The molecule has 0 fully saturated rings. The zero-order valence-electron chi connectivity index (χ0n) is 9.91. The molecule has 0 N–H and O–H groups in total. The molecule has 0 aromatic heterocycles. The lowest BCUT2D eigenvalue weighted by atomic mass is 10.0. The first-order chi connectivity index (χ1) is 9.02. The van der Waals surface area contributed by atoms with Gasteiger partial charge >= 0.3 is 0 Å². The molecule has 98 valence electrons. The molecule has 2 aromatic rings. The van der Waals surface area contributed by atoms with Crippen LogP contribution in [0.25, 0.3) is 0 Å². The van der Waals surface area contributed by atoms with Crippen molar-refractivity contribution in [3.63, 3.8) is 0 Å². The van der Waals surface area contributed by atoms with E-state index in [0.29, 0.717) is 10.6 Å². The lowest BCUT2D eigenvalue weighted by molar-refractivity contribution is 0.103. The van der Waals surface area contributed by atoms with E-state index in [0.717, 1.165) is 0 Å². The van der Waals surface area contributed by atoms with Crippen molar-refractivity contribution < 1.29 is 13.9 Å². The van der Waals surface area contributed by atoms with Gasteiger partial charge in [-0.05, 0) is 34.1 Å². The van der Waals surface area contributed by atoms with E-state index in [2.05, 4.69) is 15.9 Å². The van der Waals surface area contributed by atoms with Crippen molar-refractivity contribution >= 4 is 33.3 Å². The summed E-state index contributed by atoms with van der Waals surface area (Å²) in [5.74, 6) is -0.579. The zero-order valence-corrected chi connectivity index (χ0v) is 12.3. The van der Waals surface area contributed by atoms with Crippen LogP contribution in [0.15, 0.2) is 40.9 Å². The van der Waals surface area contributed by atoms with Crippen molar-refractivity contribution in [3.8, 4) is 5.75 Å². The summed E-state index contributed by atoms with van der Waals surface area (Å²) >= 11 is 8.91. The average Bonchev–Trinajstić information content (AvgIpc) is 2.40. The highest BCUT2D eigenvalue weighted by molar-refractivity contribution is 9.10. The normalized spacial score (nSPS) is 10.3. The van der Waals surface area contributed by atoms with Crippen LogP contribution in [-0.4, -0.2) is 12.9 Å². The maximum Gasteiger partial charge on any atom is 0.196 e. The van der Waals surface area contributed by atoms with Crippen LogP contribution in [-0.2, 0) is 0 Å². The smallest absolute Gasteiger partial charge is 0.196 e. The van der Waals surface area contributed by atoms with E-state index in [-0.39, 0.29) is 21.6 Å². The molecule has 0 bridgehead atoms. The number of carbonyl (C=O) groups excluding carboxylic acids is 1. The summed E-state index contributed by atoms with van der Waals surface area (Å²) in [5, 5.41) is 0.464. The molecule has 2 rings (SSSR count). The summed E-state index contributed by atoms with van der Waals surface area (Å²) in [4.78, 5) is 12.4. The first-order valence-electron chi connectivity index (χ1n) is 5.36. The molecule has 5 heteroatoms. The molecule has 0 saturated carbocycles. The Balaban J connectivity index is 2.52. The number of ether oxygens (including phenoxy) is 1. The molecular formula is C14H9BrClFO2. The van der Waals surface area contributed by atoms with Gasteiger partial charge < -0.3 is 4.74 Å². The Morgan fingerprint density at radius 1 is 1.32 bits per heavy atom. The summed E-state index contributed by atoms with van der Waals surface area (Å²) in [6, 6.07) is 9.13. The topological polar surface area (TPSA) is 26.3 Å². The van der Waals surface area contributed by atoms with Crippen LogP contribution in [0.3, 0.4) is 0 Å². The minimum absolute atomic E-state index is 0.186. The molecule has 2 nitrogen and oxygen atoms in total. The quantitative estimate of drug-likeness (QED) is 0.768. The Labute approximate surface area is 123 Å². The van der Waals surface area contributed by atoms with Crippen molar-refractivity contribution in [2.75, 3.05) is 7.11 Å². The average molecular weight is 344 g/mol.